The summed E-state index contributed by atoms with van der Waals surface area (Å²) in [5.74, 6) is -2.04. The molecule has 0 saturated carbocycles. The fourth-order valence-corrected chi connectivity index (χ4v) is 10.1. The number of phenolic OH excluding ortho intramolecular Hbond substituents is 1. The van der Waals surface area contributed by atoms with Crippen molar-refractivity contribution in [2.75, 3.05) is 10.6 Å². The summed E-state index contributed by atoms with van der Waals surface area (Å²) in [5, 5.41) is 43.2. The Kier molecular flexibility index (Phi) is 13.9. The third-order valence-electron chi connectivity index (χ3n) is 10.8. The molecule has 1 heterocycles. The third kappa shape index (κ3) is 11.5. The summed E-state index contributed by atoms with van der Waals surface area (Å²) in [7, 11) is -21.1. The molecule has 0 saturated heterocycles. The van der Waals surface area contributed by atoms with E-state index in [4.69, 9.17) is 0 Å². The smallest absolute Gasteiger partial charge is 0.320 e. The van der Waals surface area contributed by atoms with Crippen LogP contribution in [0.15, 0.2) is 167 Å². The van der Waals surface area contributed by atoms with E-state index >= 15 is 0 Å². The first-order valence-corrected chi connectivity index (χ1v) is 26.7. The lowest BCUT2D eigenvalue weighted by atomic mass is 10.0. The summed E-state index contributed by atoms with van der Waals surface area (Å²) in [4.78, 5) is 8.03. The van der Waals surface area contributed by atoms with Crippen LogP contribution in [0.1, 0.15) is 18.1 Å². The first-order chi connectivity index (χ1) is 34.4. The van der Waals surface area contributed by atoms with Crippen LogP contribution in [0.5, 0.6) is 11.8 Å². The zero-order valence-electron chi connectivity index (χ0n) is 37.5. The van der Waals surface area contributed by atoms with Gasteiger partial charge in [-0.2, -0.15) is 58.9 Å². The first-order valence-electron chi connectivity index (χ1n) is 21.0. The molecule has 0 atom stereocenters. The number of aryl methyl sites for hydroxylation is 2. The number of nitrogens with one attached hydrogen (secondary N) is 2. The zero-order chi connectivity index (χ0) is 52.6. The third-order valence-corrected chi connectivity index (χ3v) is 14.3. The molecule has 0 bridgehead atoms. The molecule has 0 aliphatic heterocycles. The standard InChI is InChI=1S/C46H37N9O14S4/c1-3-26-11-19-33(35(21-26)70(58,59)60)34-20-18-32(24-36(34)71(61,62)63)53-55-41-38(73(67,68)69)23-29-22-37(72(64,65)66)40(54-52-31-16-14-28(15-17-31)27-12-9-25(2)10-13-27)42(39(29)43(41)56)48-45-49-44(50-46(57)51-45)47-30-7-5-4-6-8-30/h4-24,56H,3H2,1-2H3,(H,58,59,60)(H,61,62,63)(H,64,65,66)(H,67,68,69)(H3,47,48,49,50,51,57). The average Bonchev–Trinajstić information content (AvgIpc) is 3.32. The molecule has 0 aliphatic rings. The molecule has 1 aromatic heterocycles. The number of rotatable bonds is 15. The molecule has 73 heavy (non-hydrogen) atoms. The monoisotopic (exact) mass is 1070 g/mol. The van der Waals surface area contributed by atoms with Crippen molar-refractivity contribution in [1.82, 2.24) is 15.0 Å². The highest BCUT2D eigenvalue weighted by molar-refractivity contribution is 7.87. The van der Waals surface area contributed by atoms with Crippen molar-refractivity contribution in [1.29, 1.82) is 0 Å². The van der Waals surface area contributed by atoms with Crippen LogP contribution in [0.25, 0.3) is 33.0 Å². The van der Waals surface area contributed by atoms with Crippen LogP contribution in [0.4, 0.5) is 46.0 Å². The molecule has 8 N–H and O–H groups in total. The molecule has 7 aromatic carbocycles. The number of hydrogen-bond acceptors (Lipinski definition) is 19. The first kappa shape index (κ1) is 51.2. The Morgan fingerprint density at radius 1 is 0.507 bits per heavy atom. The van der Waals surface area contributed by atoms with Gasteiger partial charge in [-0.25, -0.2) is 0 Å². The van der Waals surface area contributed by atoms with Gasteiger partial charge in [0, 0.05) is 16.8 Å². The minimum Gasteiger partial charge on any atom is -0.505 e. The maximum absolute atomic E-state index is 13.2. The summed E-state index contributed by atoms with van der Waals surface area (Å²) < 4.78 is 144. The summed E-state index contributed by atoms with van der Waals surface area (Å²) >= 11 is 0. The Labute approximate surface area is 415 Å². The van der Waals surface area contributed by atoms with Crippen molar-refractivity contribution in [3.8, 4) is 34.0 Å². The Morgan fingerprint density at radius 3 is 1.58 bits per heavy atom. The SMILES string of the molecule is CCc1ccc(-c2ccc(N=Nc3c(S(=O)(=O)O)cc4cc(S(=O)(=O)O)c(N=Nc5ccc(-c6ccc(C)cc6)cc5)c(Nc5nc(O)nc(Nc6ccccc6)n5)c4c3O)cc2S(=O)(=O)O)c(S(=O)(=O)O)c1. The highest BCUT2D eigenvalue weighted by atomic mass is 32.2. The number of anilines is 4. The number of aromatic nitrogens is 3. The fourth-order valence-electron chi connectivity index (χ4n) is 7.34. The predicted molar refractivity (Wildman–Crippen MR) is 266 cm³/mol. The number of fused-ring (bicyclic) bond motifs is 1. The van der Waals surface area contributed by atoms with Crippen LogP contribution in [0.2, 0.25) is 0 Å². The minimum atomic E-state index is -5.47. The van der Waals surface area contributed by atoms with Gasteiger partial charge in [-0.05, 0) is 90.0 Å². The van der Waals surface area contributed by atoms with Crippen LogP contribution in [0, 0.1) is 6.92 Å². The summed E-state index contributed by atoms with van der Waals surface area (Å²) in [5.41, 5.74) is -0.0375. The van der Waals surface area contributed by atoms with Crippen molar-refractivity contribution in [2.45, 2.75) is 39.9 Å². The summed E-state index contributed by atoms with van der Waals surface area (Å²) in [6.07, 6.45) is 0.323. The van der Waals surface area contributed by atoms with Crippen molar-refractivity contribution in [3.05, 3.63) is 139 Å². The van der Waals surface area contributed by atoms with Gasteiger partial charge in [0.25, 0.3) is 40.5 Å². The molecular formula is C46H37N9O14S4. The van der Waals surface area contributed by atoms with E-state index in [0.717, 1.165) is 34.9 Å². The molecule has 23 nitrogen and oxygen atoms in total. The van der Waals surface area contributed by atoms with Gasteiger partial charge in [-0.1, -0.05) is 85.3 Å². The average molecular weight is 1070 g/mol. The zero-order valence-corrected chi connectivity index (χ0v) is 40.8. The topological polar surface area (TPSA) is 370 Å². The number of benzene rings is 7. The maximum atomic E-state index is 13.2. The largest absolute Gasteiger partial charge is 0.505 e. The number of azo groups is 2. The lowest BCUT2D eigenvalue weighted by Crippen LogP contribution is -2.07. The molecule has 8 rings (SSSR count). The highest BCUT2D eigenvalue weighted by Crippen LogP contribution is 2.50. The van der Waals surface area contributed by atoms with Gasteiger partial charge in [0.05, 0.1) is 22.4 Å². The van der Waals surface area contributed by atoms with Gasteiger partial charge >= 0.3 is 6.01 Å². The second kappa shape index (κ2) is 19.8. The maximum Gasteiger partial charge on any atom is 0.320 e. The molecular weight excluding hydrogens is 1030 g/mol. The Hall–Kier alpha value is -8.15. The van der Waals surface area contributed by atoms with Crippen molar-refractivity contribution in [3.63, 3.8) is 0 Å². The van der Waals surface area contributed by atoms with Gasteiger partial charge in [-0.3, -0.25) is 18.2 Å². The molecule has 0 amide bonds. The normalized spacial score (nSPS) is 12.5. The van der Waals surface area contributed by atoms with Gasteiger partial charge < -0.3 is 20.8 Å². The highest BCUT2D eigenvalue weighted by Gasteiger charge is 2.30. The Balaban J connectivity index is 1.34. The van der Waals surface area contributed by atoms with E-state index < -0.39 is 117 Å². The number of para-hydroxylation sites is 1. The van der Waals surface area contributed by atoms with E-state index in [-0.39, 0.29) is 17.2 Å². The summed E-state index contributed by atoms with van der Waals surface area (Å²) in [6, 6.07) is 29.4. The van der Waals surface area contributed by atoms with Gasteiger partial charge in [0.15, 0.2) is 5.75 Å². The summed E-state index contributed by atoms with van der Waals surface area (Å²) in [6.45, 7) is 3.62. The Bertz CT molecular complexity index is 4040. The van der Waals surface area contributed by atoms with E-state index in [9.17, 15) is 62.1 Å². The van der Waals surface area contributed by atoms with Crippen LogP contribution in [0.3, 0.4) is 0 Å². The van der Waals surface area contributed by atoms with Crippen molar-refractivity contribution in [2.24, 2.45) is 20.5 Å². The number of hydrogen-bond donors (Lipinski definition) is 8. The van der Waals surface area contributed by atoms with E-state index in [1.54, 1.807) is 49.4 Å². The van der Waals surface area contributed by atoms with E-state index in [1.165, 1.54) is 24.3 Å². The predicted octanol–water partition coefficient (Wildman–Crippen LogP) is 9.95. The molecule has 374 valence electrons. The van der Waals surface area contributed by atoms with Crippen LogP contribution in [-0.4, -0.2) is 77.0 Å². The number of nitrogens with zero attached hydrogens (tertiary/aromatic N) is 7. The van der Waals surface area contributed by atoms with Crippen molar-refractivity contribution >= 4 is 97.3 Å². The molecule has 0 spiro atoms. The van der Waals surface area contributed by atoms with E-state index in [0.29, 0.717) is 35.9 Å². The van der Waals surface area contributed by atoms with Gasteiger partial charge in [0.2, 0.25) is 11.9 Å². The lowest BCUT2D eigenvalue weighted by molar-refractivity contribution is 0.430. The minimum absolute atomic E-state index is 0.137. The van der Waals surface area contributed by atoms with Gasteiger partial charge in [-0.15, -0.1) is 10.2 Å². The molecule has 0 fully saturated rings. The fraction of sp³-hybridized carbons (Fsp3) is 0.0652. The quantitative estimate of drug-likeness (QED) is 0.0349. The molecule has 0 radical (unpaired) electrons. The number of aromatic hydroxyl groups is 2. The molecule has 8 aromatic rings. The van der Waals surface area contributed by atoms with Crippen molar-refractivity contribution < 1.29 is 62.1 Å². The second-order valence-corrected chi connectivity index (χ2v) is 21.3. The molecule has 0 unspecified atom stereocenters. The molecule has 27 heteroatoms. The van der Waals surface area contributed by atoms with Crippen LogP contribution < -0.4 is 10.6 Å². The van der Waals surface area contributed by atoms with E-state index in [2.05, 4.69) is 46.0 Å². The molecule has 0 aliphatic carbocycles. The van der Waals surface area contributed by atoms with E-state index in [1.807, 2.05) is 31.2 Å². The van der Waals surface area contributed by atoms with Crippen LogP contribution >= 0.6 is 0 Å². The Morgan fingerprint density at radius 2 is 1.00 bits per heavy atom. The van der Waals surface area contributed by atoms with Crippen LogP contribution in [-0.2, 0) is 46.9 Å². The second-order valence-electron chi connectivity index (χ2n) is 15.7. The number of phenols is 1. The lowest BCUT2D eigenvalue weighted by Gasteiger charge is -2.17. The van der Waals surface area contributed by atoms with Gasteiger partial charge in [0.1, 0.15) is 31.0 Å².